The van der Waals surface area contributed by atoms with Crippen LogP contribution in [-0.4, -0.2) is 272 Å². The molecule has 3 unspecified atom stereocenters. The van der Waals surface area contributed by atoms with Gasteiger partial charge in [0.25, 0.3) is 0 Å². The number of methoxy groups -OCH3 is 5. The Labute approximate surface area is 808 Å². The summed E-state index contributed by atoms with van der Waals surface area (Å²) in [5, 5.41) is 67.3. The fourth-order valence-corrected chi connectivity index (χ4v) is 22.6. The van der Waals surface area contributed by atoms with Gasteiger partial charge in [-0.3, -0.25) is 33.6 Å². The molecular formula is C95H130IN7O28S3. The summed E-state index contributed by atoms with van der Waals surface area (Å²) >= 11 is 2.78. The average Bonchev–Trinajstić information content (AvgIpc) is 1.48. The van der Waals surface area contributed by atoms with Crippen LogP contribution in [0.25, 0.3) is 0 Å². The number of esters is 1. The molecule has 10 rings (SSSR count). The maximum atomic E-state index is 14.8. The molecule has 6 fully saturated rings. The van der Waals surface area contributed by atoms with Gasteiger partial charge in [-0.15, -0.1) is 0 Å². The second-order valence-electron chi connectivity index (χ2n) is 35.5. The second-order valence-corrected chi connectivity index (χ2v) is 40.7. The SMILES string of the molecule is CCN(C(=O)OCc1ccc(NC(=O)[C@H](CCCNC(N)=O)CC(=O)[C@@H](NC(=O)[C@H](CCCCN)CC(C)=O)C(C)C)cc1)[C@H]1CO[C@@H](O[C@H]2[C@H](O[C@H]3C#C/C=C(/C)C#CC45C(CC(=O)OC)C(=O)C[C@]4(O)/C(=C/CSSC(C)(C)c4ccccc4)C35)O[C@H](C)[C@@H](NO[C@H]3C[C@H](O)[C@H](SC(=O)c4c(C)c(I)c(O[C@@H]5O[C@@H](C)[C@H](O)[C@@H](OC)[C@H]5O)c(OC)c4OC)[C@@H](C)O3)[C@@H]2O)C[C@@H]1OC. The number of carbonyl (C=O) groups excluding carboxylic acids is 9. The van der Waals surface area contributed by atoms with Crippen LogP contribution in [0.3, 0.4) is 0 Å². The first-order valence-corrected chi connectivity index (χ1v) is 49.4. The molecule has 39 heteroatoms. The van der Waals surface area contributed by atoms with Crippen molar-refractivity contribution < 1.29 is 135 Å². The van der Waals surface area contributed by atoms with E-state index in [0.29, 0.717) is 63.1 Å². The highest BCUT2D eigenvalue weighted by Crippen LogP contribution is 2.70. The number of ether oxygens (including phenoxy) is 13. The van der Waals surface area contributed by atoms with E-state index in [9.17, 15) is 68.7 Å². The standard InChI is InChI=1S/C95H130IN7O28S3/c1-17-103(92(116)124-47-56-31-33-60(34-32-56)100-86(112)58(27-24-39-99-91(98)115)42-64(105)75(49(2)3)101-87(113)57(41-51(5)104)26-21-22-38-97)63-48-123-70(45-68(63)118-12)129-83-78(110)76(102-131-71-44-65(106)85(55(9)125-71)133-88(114)72-52(6)74(96)81(84(122-16)80(72)120-14)130-89-79(111)82(121-15)77(109)54(8)127-89)53(7)126-90(83)128-67-30-23-25-50(4)35-37-94-62(43-69(108)119-13)66(107)46-95(94,117)61(73(67)94)36-40-132-134-93(10,11)59-28-19-18-20-29-59/h18-20,25,28-29,31-34,36,49,53-55,57-58,62-63,65,67-68,70-71,73,75-79,82-83,85,89-90,102,106,109-111,117H,17,21-22,24,26-27,38-48,97H2,1-16H3,(H,100,112)(H,101,113)(H3,98,99,115)/b50-25-,61-36+/t53-,54+,55-,57-,58-,62?,63+,65+,67+,68+,70+,71+,73?,75+,76-,77+,78+,79-,82-,83-,85-,89+,90+,94?,95+/m1/s1. The highest BCUT2D eigenvalue weighted by atomic mass is 127. The van der Waals surface area contributed by atoms with Crippen LogP contribution in [0.15, 0.2) is 77.9 Å². The normalized spacial score (nSPS) is 30.2. The van der Waals surface area contributed by atoms with E-state index in [-0.39, 0.29) is 104 Å². The van der Waals surface area contributed by atoms with E-state index in [1.54, 1.807) is 96.5 Å². The molecule has 3 aliphatic carbocycles. The number of anilines is 1. The number of Topliss-reactive ketones (excluding diaryl/α,β-unsaturated/α-hetero) is 3. The van der Waals surface area contributed by atoms with Crippen molar-refractivity contribution in [1.82, 2.24) is 21.0 Å². The molecular weight excluding hydrogens is 1910 g/mol. The number of hydroxylamine groups is 1. The summed E-state index contributed by atoms with van der Waals surface area (Å²) in [4.78, 5) is 131. The molecule has 0 aromatic heterocycles. The number of nitrogens with zero attached hydrogens (tertiary/aromatic N) is 1. The number of thioether (sulfide) groups is 1. The fraction of sp³-hybridized carbons (Fsp3) is 0.632. The maximum absolute atomic E-state index is 14.8. The summed E-state index contributed by atoms with van der Waals surface area (Å²) in [5.74, 6) is 6.31. The zero-order valence-corrected chi connectivity index (χ0v) is 83.2. The van der Waals surface area contributed by atoms with Crippen molar-refractivity contribution in [3.63, 3.8) is 0 Å². The van der Waals surface area contributed by atoms with Crippen molar-refractivity contribution in [1.29, 1.82) is 0 Å². The van der Waals surface area contributed by atoms with Gasteiger partial charge < -0.3 is 124 Å². The quantitative estimate of drug-likeness (QED) is 0.00482. The van der Waals surface area contributed by atoms with E-state index >= 15 is 0 Å². The van der Waals surface area contributed by atoms with Crippen LogP contribution in [0.4, 0.5) is 15.3 Å². The van der Waals surface area contributed by atoms with Crippen LogP contribution < -0.4 is 47.1 Å². The van der Waals surface area contributed by atoms with Crippen molar-refractivity contribution in [3.8, 4) is 40.9 Å². The molecule has 7 aliphatic rings. The van der Waals surface area contributed by atoms with Crippen LogP contribution in [0.2, 0.25) is 0 Å². The number of allylic oxidation sites excluding steroid dienone is 2. The lowest BCUT2D eigenvalue weighted by molar-refractivity contribution is -0.343. The van der Waals surface area contributed by atoms with Crippen LogP contribution in [-0.2, 0) is 92.3 Å². The van der Waals surface area contributed by atoms with Gasteiger partial charge in [0.15, 0.2) is 36.2 Å². The van der Waals surface area contributed by atoms with Gasteiger partial charge in [0, 0.05) is 105 Å². The van der Waals surface area contributed by atoms with Gasteiger partial charge in [-0.2, -0.15) is 5.48 Å². The number of hydrogen-bond acceptors (Lipinski definition) is 33. The third-order valence-corrected chi connectivity index (χ3v) is 31.4. The van der Waals surface area contributed by atoms with E-state index in [4.69, 9.17) is 77.9 Å². The Morgan fingerprint density at radius 2 is 1.50 bits per heavy atom. The number of urea groups is 1. The van der Waals surface area contributed by atoms with Gasteiger partial charge >= 0.3 is 18.1 Å². The van der Waals surface area contributed by atoms with E-state index in [2.05, 4.69) is 59.0 Å². The summed E-state index contributed by atoms with van der Waals surface area (Å²) < 4.78 is 80.4. The molecule has 3 aromatic rings. The lowest BCUT2D eigenvalue weighted by Crippen LogP contribution is -2.69. The molecule has 25 atom stereocenters. The minimum absolute atomic E-state index is 0.00151. The van der Waals surface area contributed by atoms with Crippen molar-refractivity contribution in [2.75, 3.05) is 72.9 Å². The first kappa shape index (κ1) is 108. The van der Waals surface area contributed by atoms with Gasteiger partial charge in [-0.25, -0.2) is 9.59 Å². The number of nitrogens with one attached hydrogen (secondary N) is 4. The number of likely N-dealkylation sites (N-methyl/N-ethyl adjacent to an activating group) is 1. The van der Waals surface area contributed by atoms with Crippen molar-refractivity contribution in [2.45, 2.75) is 279 Å². The zero-order valence-electron chi connectivity index (χ0n) is 78.6. The number of rotatable bonds is 44. The summed E-state index contributed by atoms with van der Waals surface area (Å²) in [6.07, 6.45) is -15.1. The molecule has 4 aliphatic heterocycles. The molecule has 134 heavy (non-hydrogen) atoms. The lowest BCUT2D eigenvalue weighted by atomic mass is 9.44. The number of aliphatic hydroxyl groups excluding tert-OH is 4. The minimum Gasteiger partial charge on any atom is -0.492 e. The van der Waals surface area contributed by atoms with Gasteiger partial charge in [0.1, 0.15) is 60.4 Å². The van der Waals surface area contributed by atoms with Crippen LogP contribution in [0.5, 0.6) is 17.2 Å². The third-order valence-electron chi connectivity index (χ3n) is 25.7. The van der Waals surface area contributed by atoms with Crippen molar-refractivity contribution in [3.05, 3.63) is 104 Å². The summed E-state index contributed by atoms with van der Waals surface area (Å²) in [7, 11) is 9.83. The fourth-order valence-electron chi connectivity index (χ4n) is 18.4. The van der Waals surface area contributed by atoms with Gasteiger partial charge in [-0.05, 0) is 164 Å². The van der Waals surface area contributed by atoms with Gasteiger partial charge in [0.2, 0.25) is 29.0 Å². The molecule has 0 radical (unpaired) electrons. The van der Waals surface area contributed by atoms with Crippen LogP contribution in [0.1, 0.15) is 167 Å². The van der Waals surface area contributed by atoms with Gasteiger partial charge in [0.05, 0.1) is 103 Å². The topological polar surface area (TPSA) is 487 Å². The van der Waals surface area contributed by atoms with Gasteiger partial charge in [-0.1, -0.05) is 126 Å². The molecule has 4 saturated heterocycles. The predicted molar refractivity (Wildman–Crippen MR) is 506 cm³/mol. The van der Waals surface area contributed by atoms with E-state index in [0.717, 1.165) is 17.3 Å². The van der Waals surface area contributed by atoms with Crippen LogP contribution in [0, 0.1) is 69.2 Å². The molecule has 738 valence electrons. The second kappa shape index (κ2) is 49.3. The minimum atomic E-state index is -1.93. The number of benzene rings is 3. The summed E-state index contributed by atoms with van der Waals surface area (Å²) in [5.41, 5.74) is 13.7. The lowest BCUT2D eigenvalue weighted by Gasteiger charge is -2.60. The Morgan fingerprint density at radius 1 is 0.806 bits per heavy atom. The summed E-state index contributed by atoms with van der Waals surface area (Å²) in [6, 6.07) is 12.7. The Balaban J connectivity index is 0.871. The Kier molecular flexibility index (Phi) is 39.9. The molecule has 1 spiro atoms. The number of hydrogen-bond donors (Lipinski definition) is 11. The first-order valence-electron chi connectivity index (χ1n) is 45.1. The smallest absolute Gasteiger partial charge is 0.410 e. The number of aliphatic hydroxyl groups is 5. The molecule has 0 bridgehead atoms. The zero-order chi connectivity index (χ0) is 98.0. The first-order chi connectivity index (χ1) is 63.7. The molecule has 13 N–H and O–H groups in total. The van der Waals surface area contributed by atoms with E-state index < -0.39 is 210 Å². The molecule has 2 saturated carbocycles. The maximum Gasteiger partial charge on any atom is 0.410 e. The number of primary amides is 1. The molecule has 3 aromatic carbocycles. The molecule has 35 nitrogen and oxygen atoms in total. The Morgan fingerprint density at radius 3 is 2.14 bits per heavy atom. The largest absolute Gasteiger partial charge is 0.492 e. The highest BCUT2D eigenvalue weighted by Gasteiger charge is 2.79. The molecule has 5 amide bonds. The molecule has 4 heterocycles. The van der Waals surface area contributed by atoms with E-state index in [1.165, 1.54) is 58.2 Å². The average molecular weight is 2040 g/mol. The van der Waals surface area contributed by atoms with Crippen molar-refractivity contribution in [2.24, 2.45) is 46.5 Å². The highest BCUT2D eigenvalue weighted by molar-refractivity contribution is 14.1. The number of carbonyl (C=O) groups is 9. The number of amides is 5. The third kappa shape index (κ3) is 25.7. The predicted octanol–water partition coefficient (Wildman–Crippen LogP) is 8.31. The Hall–Kier alpha value is -7.57. The van der Waals surface area contributed by atoms with Crippen LogP contribution >= 0.6 is 55.9 Å². The summed E-state index contributed by atoms with van der Waals surface area (Å²) in [6.45, 7) is 19.4. The Bertz CT molecular complexity index is 4790. The van der Waals surface area contributed by atoms with E-state index in [1.807, 2.05) is 59.0 Å². The number of ketones is 3. The number of nitrogens with two attached hydrogens (primary N) is 2. The monoisotopic (exact) mass is 2040 g/mol. The number of unbranched alkanes of at least 4 members (excludes halogenated alkanes) is 1. The van der Waals surface area contributed by atoms with Crippen molar-refractivity contribution >= 4 is 114 Å². The number of halogens is 1.